The molecule has 0 aliphatic carbocycles. The van der Waals surface area contributed by atoms with Gasteiger partial charge in [0.25, 0.3) is 0 Å². The molecule has 1 aromatic rings. The summed E-state index contributed by atoms with van der Waals surface area (Å²) in [5.74, 6) is 0.844. The van der Waals surface area contributed by atoms with Crippen molar-refractivity contribution in [2.24, 2.45) is 5.16 Å². The SMILES string of the molecule is CCCCCCc1cc(/C(C)=N/O)c(O)cc1OCCCC. The molecule has 4 nitrogen and oxygen atoms in total. The number of phenolic OH excluding ortho intramolecular Hbond substituents is 1. The topological polar surface area (TPSA) is 62.1 Å². The first-order chi connectivity index (χ1) is 10.6. The van der Waals surface area contributed by atoms with Crippen LogP contribution in [0.15, 0.2) is 17.3 Å². The Kier molecular flexibility index (Phi) is 8.41. The third-order valence-corrected chi connectivity index (χ3v) is 3.77. The molecule has 1 aromatic carbocycles. The Morgan fingerprint density at radius 1 is 1.09 bits per heavy atom. The van der Waals surface area contributed by atoms with Crippen molar-refractivity contribution in [3.05, 3.63) is 23.3 Å². The molecule has 0 saturated heterocycles. The second kappa shape index (κ2) is 10.1. The Bertz CT molecular complexity index is 483. The Morgan fingerprint density at radius 3 is 2.45 bits per heavy atom. The molecule has 0 radical (unpaired) electrons. The molecule has 124 valence electrons. The molecule has 0 aliphatic rings. The number of hydrogen-bond donors (Lipinski definition) is 2. The van der Waals surface area contributed by atoms with Gasteiger partial charge < -0.3 is 15.1 Å². The number of aromatic hydroxyl groups is 1. The van der Waals surface area contributed by atoms with Gasteiger partial charge in [-0.3, -0.25) is 0 Å². The van der Waals surface area contributed by atoms with Crippen LogP contribution in [-0.2, 0) is 6.42 Å². The van der Waals surface area contributed by atoms with E-state index in [0.717, 1.165) is 37.0 Å². The van der Waals surface area contributed by atoms with Crippen LogP contribution >= 0.6 is 0 Å². The third kappa shape index (κ3) is 5.58. The average Bonchev–Trinajstić information content (AvgIpc) is 2.52. The molecular weight excluding hydrogens is 278 g/mol. The number of rotatable bonds is 10. The van der Waals surface area contributed by atoms with Crippen LogP contribution in [0.4, 0.5) is 0 Å². The van der Waals surface area contributed by atoms with Gasteiger partial charge in [0.1, 0.15) is 11.5 Å². The predicted octanol–water partition coefficient (Wildman–Crippen LogP) is 4.89. The summed E-state index contributed by atoms with van der Waals surface area (Å²) in [6.07, 6.45) is 7.70. The summed E-state index contributed by atoms with van der Waals surface area (Å²) in [4.78, 5) is 0. The molecule has 0 spiro atoms. The standard InChI is InChI=1S/C18H29NO3/c1-4-6-8-9-10-15-12-16(14(3)19-21)17(20)13-18(15)22-11-7-5-2/h12-13,20-21H,4-11H2,1-3H3/b19-14+. The lowest BCUT2D eigenvalue weighted by Crippen LogP contribution is -2.03. The first kappa shape index (κ1) is 18.3. The highest BCUT2D eigenvalue weighted by Gasteiger charge is 2.13. The molecule has 2 N–H and O–H groups in total. The van der Waals surface area contributed by atoms with Crippen LogP contribution in [0.25, 0.3) is 0 Å². The Hall–Kier alpha value is -1.71. The van der Waals surface area contributed by atoms with Crippen LogP contribution in [0.5, 0.6) is 11.5 Å². The molecule has 0 aliphatic heterocycles. The lowest BCUT2D eigenvalue weighted by atomic mass is 10.00. The highest BCUT2D eigenvalue weighted by molar-refractivity contribution is 6.01. The van der Waals surface area contributed by atoms with Gasteiger partial charge in [0.2, 0.25) is 0 Å². The quantitative estimate of drug-likeness (QED) is 0.280. The number of hydrogen-bond acceptors (Lipinski definition) is 4. The van der Waals surface area contributed by atoms with Crippen molar-refractivity contribution in [2.75, 3.05) is 6.61 Å². The van der Waals surface area contributed by atoms with Gasteiger partial charge in [-0.25, -0.2) is 0 Å². The summed E-state index contributed by atoms with van der Waals surface area (Å²) in [5, 5.41) is 22.2. The van der Waals surface area contributed by atoms with Gasteiger partial charge in [-0.1, -0.05) is 44.7 Å². The van der Waals surface area contributed by atoms with E-state index < -0.39 is 0 Å². The normalized spacial score (nSPS) is 11.7. The van der Waals surface area contributed by atoms with Gasteiger partial charge in [0, 0.05) is 11.6 Å². The zero-order chi connectivity index (χ0) is 16.4. The van der Waals surface area contributed by atoms with Crippen molar-refractivity contribution >= 4 is 5.71 Å². The Morgan fingerprint density at radius 2 is 1.82 bits per heavy atom. The van der Waals surface area contributed by atoms with Gasteiger partial charge in [-0.2, -0.15) is 0 Å². The second-order valence-electron chi connectivity index (χ2n) is 5.68. The first-order valence-corrected chi connectivity index (χ1v) is 8.31. The molecular formula is C18H29NO3. The van der Waals surface area contributed by atoms with Crippen LogP contribution in [0.1, 0.15) is 70.4 Å². The molecule has 0 amide bonds. The number of nitrogens with zero attached hydrogens (tertiary/aromatic N) is 1. The van der Waals surface area contributed by atoms with E-state index in [2.05, 4.69) is 19.0 Å². The van der Waals surface area contributed by atoms with E-state index >= 15 is 0 Å². The van der Waals surface area contributed by atoms with Crippen LogP contribution in [0, 0.1) is 0 Å². The lowest BCUT2D eigenvalue weighted by molar-refractivity contribution is 0.304. The van der Waals surface area contributed by atoms with Crippen LogP contribution in [0.2, 0.25) is 0 Å². The fourth-order valence-corrected chi connectivity index (χ4v) is 2.36. The van der Waals surface area contributed by atoms with E-state index in [1.165, 1.54) is 19.3 Å². The zero-order valence-electron chi connectivity index (χ0n) is 14.1. The fraction of sp³-hybridized carbons (Fsp3) is 0.611. The zero-order valence-corrected chi connectivity index (χ0v) is 14.1. The van der Waals surface area contributed by atoms with E-state index in [4.69, 9.17) is 9.94 Å². The second-order valence-corrected chi connectivity index (χ2v) is 5.68. The highest BCUT2D eigenvalue weighted by Crippen LogP contribution is 2.30. The lowest BCUT2D eigenvalue weighted by Gasteiger charge is -2.14. The van der Waals surface area contributed by atoms with Gasteiger partial charge in [-0.05, 0) is 37.8 Å². The van der Waals surface area contributed by atoms with E-state index in [-0.39, 0.29) is 5.75 Å². The van der Waals surface area contributed by atoms with Gasteiger partial charge >= 0.3 is 0 Å². The number of unbranched alkanes of at least 4 members (excludes halogenated alkanes) is 4. The fourth-order valence-electron chi connectivity index (χ4n) is 2.36. The van der Waals surface area contributed by atoms with E-state index in [0.29, 0.717) is 17.9 Å². The summed E-state index contributed by atoms with van der Waals surface area (Å²) in [7, 11) is 0. The monoisotopic (exact) mass is 307 g/mol. The van der Waals surface area contributed by atoms with Crippen molar-refractivity contribution in [1.82, 2.24) is 0 Å². The van der Waals surface area contributed by atoms with E-state index in [1.54, 1.807) is 13.0 Å². The molecule has 0 atom stereocenters. The van der Waals surface area contributed by atoms with E-state index in [1.807, 2.05) is 6.07 Å². The van der Waals surface area contributed by atoms with Gasteiger partial charge in [0.05, 0.1) is 12.3 Å². The predicted molar refractivity (Wildman–Crippen MR) is 90.4 cm³/mol. The summed E-state index contributed by atoms with van der Waals surface area (Å²) in [5.41, 5.74) is 2.05. The molecule has 0 heterocycles. The molecule has 0 unspecified atom stereocenters. The number of aryl methyl sites for hydroxylation is 1. The molecule has 4 heteroatoms. The van der Waals surface area contributed by atoms with Crippen molar-refractivity contribution < 1.29 is 15.1 Å². The summed E-state index contributed by atoms with van der Waals surface area (Å²) in [6.45, 7) is 6.65. The third-order valence-electron chi connectivity index (χ3n) is 3.77. The van der Waals surface area contributed by atoms with Crippen molar-refractivity contribution in [3.8, 4) is 11.5 Å². The van der Waals surface area contributed by atoms with E-state index in [9.17, 15) is 5.11 Å². The van der Waals surface area contributed by atoms with Crippen LogP contribution in [-0.4, -0.2) is 22.6 Å². The molecule has 1 rings (SSSR count). The largest absolute Gasteiger partial charge is 0.507 e. The molecule has 0 saturated carbocycles. The molecule has 0 bridgehead atoms. The maximum Gasteiger partial charge on any atom is 0.128 e. The maximum absolute atomic E-state index is 10.1. The van der Waals surface area contributed by atoms with Crippen molar-refractivity contribution in [1.29, 1.82) is 0 Å². The minimum Gasteiger partial charge on any atom is -0.507 e. The molecule has 0 fully saturated rings. The summed E-state index contributed by atoms with van der Waals surface area (Å²) < 4.78 is 5.82. The minimum absolute atomic E-state index is 0.0964. The van der Waals surface area contributed by atoms with Gasteiger partial charge in [-0.15, -0.1) is 0 Å². The number of oxime groups is 1. The highest BCUT2D eigenvalue weighted by atomic mass is 16.5. The van der Waals surface area contributed by atoms with Crippen molar-refractivity contribution in [2.45, 2.75) is 65.7 Å². The average molecular weight is 307 g/mol. The first-order valence-electron chi connectivity index (χ1n) is 8.31. The molecule has 0 aromatic heterocycles. The van der Waals surface area contributed by atoms with Gasteiger partial charge in [0.15, 0.2) is 0 Å². The smallest absolute Gasteiger partial charge is 0.128 e. The number of phenols is 1. The summed E-state index contributed by atoms with van der Waals surface area (Å²) >= 11 is 0. The maximum atomic E-state index is 10.1. The molecule has 22 heavy (non-hydrogen) atoms. The number of benzene rings is 1. The van der Waals surface area contributed by atoms with Crippen molar-refractivity contribution in [3.63, 3.8) is 0 Å². The minimum atomic E-state index is 0.0964. The number of ether oxygens (including phenoxy) is 1. The van der Waals surface area contributed by atoms with Crippen LogP contribution in [0.3, 0.4) is 0 Å². The summed E-state index contributed by atoms with van der Waals surface area (Å²) in [6, 6.07) is 3.53. The van der Waals surface area contributed by atoms with Crippen LogP contribution < -0.4 is 4.74 Å². The Balaban J connectivity index is 2.93. The Labute approximate surface area is 133 Å².